The van der Waals surface area contributed by atoms with Crippen molar-refractivity contribution >= 4 is 35.2 Å². The molecule has 0 aromatic rings. The number of hydrogen-bond donors (Lipinski definition) is 1. The summed E-state index contributed by atoms with van der Waals surface area (Å²) in [4.78, 5) is 26.2. The van der Waals surface area contributed by atoms with Crippen LogP contribution in [0.3, 0.4) is 0 Å². The predicted octanol–water partition coefficient (Wildman–Crippen LogP) is 1.06. The van der Waals surface area contributed by atoms with E-state index in [0.717, 1.165) is 0 Å². The van der Waals surface area contributed by atoms with E-state index in [1.165, 1.54) is 16.7 Å². The molecule has 19 heavy (non-hydrogen) atoms. The summed E-state index contributed by atoms with van der Waals surface area (Å²) in [7, 11) is 0. The maximum atomic E-state index is 12.2. The number of allylic oxidation sites excluding steroid dienone is 1. The zero-order valence-corrected chi connectivity index (χ0v) is 12.7. The van der Waals surface area contributed by atoms with Crippen LogP contribution in [0, 0.1) is 0 Å². The Morgan fingerprint density at radius 1 is 1.58 bits per heavy atom. The van der Waals surface area contributed by atoms with E-state index in [1.54, 1.807) is 20.8 Å². The molecule has 0 bridgehead atoms. The average molecular weight is 305 g/mol. The third kappa shape index (κ3) is 2.61. The molecule has 1 saturated heterocycles. The second-order valence-corrected chi connectivity index (χ2v) is 6.90. The highest BCUT2D eigenvalue weighted by atomic mass is 35.5. The van der Waals surface area contributed by atoms with Crippen LogP contribution in [0.4, 0.5) is 0 Å². The molecule has 2 N–H and O–H groups in total. The first-order valence-corrected chi connectivity index (χ1v) is 7.52. The number of β-lactam (4-membered cyclic amide) rings is 1. The van der Waals surface area contributed by atoms with Crippen LogP contribution < -0.4 is 5.73 Å². The molecule has 2 unspecified atom stereocenters. The van der Waals surface area contributed by atoms with Crippen LogP contribution in [-0.2, 0) is 14.3 Å². The van der Waals surface area contributed by atoms with Crippen molar-refractivity contribution in [1.82, 2.24) is 4.90 Å². The predicted molar refractivity (Wildman–Crippen MR) is 74.7 cm³/mol. The maximum absolute atomic E-state index is 12.2. The lowest BCUT2D eigenvalue weighted by atomic mass is 9.96. The van der Waals surface area contributed by atoms with E-state index < -0.39 is 17.6 Å². The van der Waals surface area contributed by atoms with Crippen molar-refractivity contribution in [2.75, 3.05) is 11.6 Å². The fourth-order valence-electron chi connectivity index (χ4n) is 2.05. The van der Waals surface area contributed by atoms with Crippen molar-refractivity contribution in [2.24, 2.45) is 5.73 Å². The number of carbonyl (C=O) groups is 2. The number of alkyl halides is 1. The summed E-state index contributed by atoms with van der Waals surface area (Å²) in [5.74, 6) is 0.0982. The van der Waals surface area contributed by atoms with Gasteiger partial charge in [0.05, 0.1) is 11.9 Å². The van der Waals surface area contributed by atoms with Gasteiger partial charge in [-0.1, -0.05) is 0 Å². The number of rotatable bonds is 2. The summed E-state index contributed by atoms with van der Waals surface area (Å²) in [6, 6.07) is -0.659. The van der Waals surface area contributed by atoms with Gasteiger partial charge in [0, 0.05) is 10.7 Å². The Bertz CT molecular complexity index is 458. The zero-order valence-electron chi connectivity index (χ0n) is 11.1. The number of amides is 1. The first-order chi connectivity index (χ1) is 8.76. The molecule has 0 spiro atoms. The lowest BCUT2D eigenvalue weighted by molar-refractivity contribution is -0.159. The molecule has 7 heteroatoms. The Balaban J connectivity index is 2.30. The molecule has 0 aliphatic carbocycles. The highest BCUT2D eigenvalue weighted by Crippen LogP contribution is 2.39. The quantitative estimate of drug-likeness (QED) is 0.469. The van der Waals surface area contributed by atoms with E-state index in [2.05, 4.69) is 0 Å². The summed E-state index contributed by atoms with van der Waals surface area (Å²) in [6.45, 7) is 5.34. The van der Waals surface area contributed by atoms with Gasteiger partial charge >= 0.3 is 5.97 Å². The lowest BCUT2D eigenvalue weighted by Crippen LogP contribution is -2.70. The minimum Gasteiger partial charge on any atom is -0.455 e. The first kappa shape index (κ1) is 14.7. The monoisotopic (exact) mass is 304 g/mol. The molecule has 2 heterocycles. The Morgan fingerprint density at radius 3 is 2.74 bits per heavy atom. The Labute approximate surface area is 121 Å². The maximum Gasteiger partial charge on any atom is 0.356 e. The lowest BCUT2D eigenvalue weighted by Gasteiger charge is -2.48. The summed E-state index contributed by atoms with van der Waals surface area (Å²) in [5.41, 5.74) is 5.39. The van der Waals surface area contributed by atoms with E-state index in [9.17, 15) is 9.59 Å². The van der Waals surface area contributed by atoms with Crippen LogP contribution in [0.15, 0.2) is 10.6 Å². The van der Waals surface area contributed by atoms with Crippen molar-refractivity contribution in [1.29, 1.82) is 0 Å². The fourth-order valence-corrected chi connectivity index (χ4v) is 3.53. The third-order valence-corrected chi connectivity index (χ3v) is 4.54. The number of fused-ring (bicyclic) bond motifs is 1. The van der Waals surface area contributed by atoms with E-state index in [1.807, 2.05) is 0 Å². The van der Waals surface area contributed by atoms with Gasteiger partial charge < -0.3 is 10.5 Å². The smallest absolute Gasteiger partial charge is 0.356 e. The van der Waals surface area contributed by atoms with E-state index >= 15 is 0 Å². The average Bonchev–Trinajstić information content (AvgIpc) is 2.33. The number of nitrogens with zero attached hydrogens (tertiary/aromatic N) is 1. The molecular weight excluding hydrogens is 288 g/mol. The van der Waals surface area contributed by atoms with Gasteiger partial charge in [-0.3, -0.25) is 9.69 Å². The van der Waals surface area contributed by atoms with Gasteiger partial charge in [-0.2, -0.15) is 0 Å². The highest BCUT2D eigenvalue weighted by Gasteiger charge is 2.51. The number of nitrogens with two attached hydrogens (primary N) is 1. The first-order valence-electron chi connectivity index (χ1n) is 6.00. The molecule has 0 saturated carbocycles. The Hall–Kier alpha value is -0.720. The Morgan fingerprint density at radius 2 is 2.21 bits per heavy atom. The van der Waals surface area contributed by atoms with Crippen LogP contribution in [-0.4, -0.2) is 46.1 Å². The van der Waals surface area contributed by atoms with Crippen molar-refractivity contribution < 1.29 is 14.3 Å². The second kappa shape index (κ2) is 5.00. The summed E-state index contributed by atoms with van der Waals surface area (Å²) >= 11 is 7.32. The molecule has 1 amide bonds. The number of carbonyl (C=O) groups excluding carboxylic acids is 2. The van der Waals surface area contributed by atoms with Gasteiger partial charge in [-0.25, -0.2) is 4.79 Å². The van der Waals surface area contributed by atoms with Gasteiger partial charge in [0.15, 0.2) is 0 Å². The van der Waals surface area contributed by atoms with Crippen LogP contribution in [0.25, 0.3) is 0 Å². The van der Waals surface area contributed by atoms with Crippen LogP contribution in [0.1, 0.15) is 20.8 Å². The second-order valence-electron chi connectivity index (χ2n) is 5.52. The van der Waals surface area contributed by atoms with Gasteiger partial charge in [0.1, 0.15) is 17.3 Å². The molecule has 5 nitrogen and oxygen atoms in total. The van der Waals surface area contributed by atoms with Gasteiger partial charge in [-0.15, -0.1) is 23.4 Å². The van der Waals surface area contributed by atoms with Gasteiger partial charge in [0.2, 0.25) is 5.91 Å². The van der Waals surface area contributed by atoms with E-state index in [0.29, 0.717) is 10.7 Å². The number of hydrogen-bond acceptors (Lipinski definition) is 5. The molecule has 2 aliphatic rings. The standard InChI is InChI=1S/C12H17ClN2O3S/c1-12(2,3)18-11(17)9-7(4-13)19-5-6-8(14)10(16)15(6)9/h6,8H,4-5,14H2,1-3H3. The molecule has 2 atom stereocenters. The minimum atomic E-state index is -0.616. The van der Waals surface area contributed by atoms with Crippen molar-refractivity contribution in [3.63, 3.8) is 0 Å². The normalized spacial score (nSPS) is 27.0. The molecule has 106 valence electrons. The number of esters is 1. The van der Waals surface area contributed by atoms with E-state index in [4.69, 9.17) is 22.1 Å². The summed E-state index contributed by atoms with van der Waals surface area (Å²) in [6.07, 6.45) is 0. The largest absolute Gasteiger partial charge is 0.455 e. The summed E-state index contributed by atoms with van der Waals surface area (Å²) in [5, 5.41) is 0. The van der Waals surface area contributed by atoms with Crippen molar-refractivity contribution in [2.45, 2.75) is 38.5 Å². The van der Waals surface area contributed by atoms with E-state index in [-0.39, 0.29) is 23.5 Å². The number of ether oxygens (including phenoxy) is 1. The Kier molecular flexibility index (Phi) is 3.86. The van der Waals surface area contributed by atoms with Crippen LogP contribution in [0.5, 0.6) is 0 Å². The minimum absolute atomic E-state index is 0.132. The molecule has 2 rings (SSSR count). The molecule has 2 aliphatic heterocycles. The molecule has 0 aromatic heterocycles. The third-order valence-electron chi connectivity index (χ3n) is 2.92. The molecular formula is C12H17ClN2O3S. The number of halogens is 1. The topological polar surface area (TPSA) is 72.6 Å². The van der Waals surface area contributed by atoms with Gasteiger partial charge in [-0.05, 0) is 20.8 Å². The highest BCUT2D eigenvalue weighted by molar-refractivity contribution is 8.03. The van der Waals surface area contributed by atoms with Gasteiger partial charge in [0.25, 0.3) is 0 Å². The van der Waals surface area contributed by atoms with Crippen LogP contribution in [0.2, 0.25) is 0 Å². The van der Waals surface area contributed by atoms with Crippen molar-refractivity contribution in [3.8, 4) is 0 Å². The van der Waals surface area contributed by atoms with Crippen LogP contribution >= 0.6 is 23.4 Å². The molecule has 0 aromatic carbocycles. The fraction of sp³-hybridized carbons (Fsp3) is 0.667. The molecule has 1 fully saturated rings. The SMILES string of the molecule is CC(C)(C)OC(=O)C1=C(CCl)SCC2C(N)C(=O)N12. The number of thioether (sulfide) groups is 1. The zero-order chi connectivity index (χ0) is 14.4. The molecule has 0 radical (unpaired) electrons. The summed E-state index contributed by atoms with van der Waals surface area (Å²) < 4.78 is 5.34. The van der Waals surface area contributed by atoms with Crippen molar-refractivity contribution in [3.05, 3.63) is 10.6 Å².